The van der Waals surface area contributed by atoms with Crippen LogP contribution in [0.25, 0.3) is 0 Å². The number of hydrogen-bond donors (Lipinski definition) is 1. The predicted molar refractivity (Wildman–Crippen MR) is 77.0 cm³/mol. The number of hydrogen-bond acceptors (Lipinski definition) is 5. The Morgan fingerprint density at radius 2 is 2.16 bits per heavy atom. The van der Waals surface area contributed by atoms with Gasteiger partial charge in [-0.15, -0.1) is 11.3 Å². The molecule has 0 saturated carbocycles. The molecule has 2 aromatic rings. The molecule has 0 radical (unpaired) electrons. The van der Waals surface area contributed by atoms with Crippen molar-refractivity contribution in [2.24, 2.45) is 5.73 Å². The molecule has 0 bridgehead atoms. The van der Waals surface area contributed by atoms with Crippen LogP contribution in [0.3, 0.4) is 0 Å². The normalized spacial score (nSPS) is 13.4. The predicted octanol–water partition coefficient (Wildman–Crippen LogP) is 2.10. The maximum Gasteiger partial charge on any atom is 0.175 e. The van der Waals surface area contributed by atoms with Crippen molar-refractivity contribution in [2.45, 2.75) is 24.3 Å². The molecule has 2 N–H and O–H groups in total. The first-order chi connectivity index (χ1) is 8.86. The lowest BCUT2D eigenvalue weighted by Crippen LogP contribution is -2.14. The Bertz CT molecular complexity index is 677. The van der Waals surface area contributed by atoms with Crippen molar-refractivity contribution in [3.8, 4) is 0 Å². The SMILES string of the molecule is Cc1csc(CC(N)c2cccc(S(C)(=O)=O)c2)n1. The van der Waals surface area contributed by atoms with E-state index in [4.69, 9.17) is 5.73 Å². The molecule has 102 valence electrons. The number of rotatable bonds is 4. The Labute approximate surface area is 117 Å². The van der Waals surface area contributed by atoms with Gasteiger partial charge in [0.1, 0.15) is 0 Å². The highest BCUT2D eigenvalue weighted by molar-refractivity contribution is 7.90. The van der Waals surface area contributed by atoms with E-state index < -0.39 is 9.84 Å². The van der Waals surface area contributed by atoms with Crippen LogP contribution in [0.5, 0.6) is 0 Å². The van der Waals surface area contributed by atoms with E-state index >= 15 is 0 Å². The monoisotopic (exact) mass is 296 g/mol. The van der Waals surface area contributed by atoms with Crippen molar-refractivity contribution in [2.75, 3.05) is 6.26 Å². The molecule has 0 amide bonds. The third-order valence-electron chi connectivity index (χ3n) is 2.78. The molecule has 2 rings (SSSR count). The third kappa shape index (κ3) is 3.62. The fourth-order valence-corrected chi connectivity index (χ4v) is 3.29. The van der Waals surface area contributed by atoms with Crippen LogP contribution in [-0.4, -0.2) is 19.7 Å². The highest BCUT2D eigenvalue weighted by Gasteiger charge is 2.13. The van der Waals surface area contributed by atoms with E-state index in [0.717, 1.165) is 16.3 Å². The molecular formula is C13H16N2O2S2. The summed E-state index contributed by atoms with van der Waals surface area (Å²) in [4.78, 5) is 4.67. The molecule has 1 heterocycles. The number of thiazole rings is 1. The van der Waals surface area contributed by atoms with Crippen LogP contribution in [0.1, 0.15) is 22.3 Å². The minimum absolute atomic E-state index is 0.243. The highest BCUT2D eigenvalue weighted by atomic mass is 32.2. The van der Waals surface area contributed by atoms with Crippen LogP contribution in [0.15, 0.2) is 34.5 Å². The van der Waals surface area contributed by atoms with Crippen LogP contribution in [0, 0.1) is 6.92 Å². The van der Waals surface area contributed by atoms with Crippen LogP contribution in [-0.2, 0) is 16.3 Å². The van der Waals surface area contributed by atoms with E-state index in [-0.39, 0.29) is 6.04 Å². The van der Waals surface area contributed by atoms with E-state index in [1.54, 1.807) is 29.5 Å². The fraction of sp³-hybridized carbons (Fsp3) is 0.308. The van der Waals surface area contributed by atoms with Gasteiger partial charge in [0.2, 0.25) is 0 Å². The minimum Gasteiger partial charge on any atom is -0.324 e. The number of aryl methyl sites for hydroxylation is 1. The van der Waals surface area contributed by atoms with Gasteiger partial charge in [-0.3, -0.25) is 0 Å². The summed E-state index contributed by atoms with van der Waals surface area (Å²) in [5.41, 5.74) is 7.92. The average Bonchev–Trinajstić information content (AvgIpc) is 2.74. The molecule has 0 aliphatic rings. The summed E-state index contributed by atoms with van der Waals surface area (Å²) < 4.78 is 23.0. The Morgan fingerprint density at radius 1 is 1.42 bits per heavy atom. The number of aromatic nitrogens is 1. The van der Waals surface area contributed by atoms with Crippen molar-refractivity contribution in [1.82, 2.24) is 4.98 Å². The Balaban J connectivity index is 2.22. The molecule has 1 unspecified atom stereocenters. The van der Waals surface area contributed by atoms with Gasteiger partial charge in [-0.25, -0.2) is 13.4 Å². The zero-order valence-electron chi connectivity index (χ0n) is 10.8. The quantitative estimate of drug-likeness (QED) is 0.937. The van der Waals surface area contributed by atoms with Crippen molar-refractivity contribution in [3.63, 3.8) is 0 Å². The molecule has 0 saturated heterocycles. The lowest BCUT2D eigenvalue weighted by Gasteiger charge is -2.11. The first-order valence-electron chi connectivity index (χ1n) is 5.83. The van der Waals surface area contributed by atoms with Gasteiger partial charge in [-0.05, 0) is 24.6 Å². The number of nitrogens with two attached hydrogens (primary N) is 1. The molecular weight excluding hydrogens is 280 g/mol. The van der Waals surface area contributed by atoms with E-state index in [9.17, 15) is 8.42 Å². The van der Waals surface area contributed by atoms with E-state index in [2.05, 4.69) is 4.98 Å². The minimum atomic E-state index is -3.20. The van der Waals surface area contributed by atoms with Gasteiger partial charge >= 0.3 is 0 Å². The lowest BCUT2D eigenvalue weighted by atomic mass is 10.1. The van der Waals surface area contributed by atoms with Crippen molar-refractivity contribution >= 4 is 21.2 Å². The van der Waals surface area contributed by atoms with Crippen molar-refractivity contribution < 1.29 is 8.42 Å². The molecule has 0 aliphatic carbocycles. The van der Waals surface area contributed by atoms with E-state index in [1.807, 2.05) is 18.4 Å². The average molecular weight is 296 g/mol. The summed E-state index contributed by atoms with van der Waals surface area (Å²) in [6, 6.07) is 6.55. The number of sulfone groups is 1. The van der Waals surface area contributed by atoms with Gasteiger partial charge < -0.3 is 5.73 Å². The summed E-state index contributed by atoms with van der Waals surface area (Å²) in [5.74, 6) is 0. The lowest BCUT2D eigenvalue weighted by molar-refractivity contribution is 0.601. The maximum absolute atomic E-state index is 11.5. The van der Waals surface area contributed by atoms with Gasteiger partial charge in [0.15, 0.2) is 9.84 Å². The highest BCUT2D eigenvalue weighted by Crippen LogP contribution is 2.21. The second-order valence-electron chi connectivity index (χ2n) is 4.54. The Kier molecular flexibility index (Phi) is 4.03. The maximum atomic E-state index is 11.5. The second-order valence-corrected chi connectivity index (χ2v) is 7.50. The summed E-state index contributed by atoms with van der Waals surface area (Å²) in [6.07, 6.45) is 1.81. The summed E-state index contributed by atoms with van der Waals surface area (Å²) in [5, 5.41) is 2.95. The smallest absolute Gasteiger partial charge is 0.175 e. The molecule has 0 spiro atoms. The Morgan fingerprint density at radius 3 is 2.74 bits per heavy atom. The van der Waals surface area contributed by atoms with Gasteiger partial charge in [0.05, 0.1) is 9.90 Å². The molecule has 1 aromatic heterocycles. The van der Waals surface area contributed by atoms with Crippen molar-refractivity contribution in [3.05, 3.63) is 45.9 Å². The molecule has 19 heavy (non-hydrogen) atoms. The first-order valence-corrected chi connectivity index (χ1v) is 8.60. The second kappa shape index (κ2) is 5.40. The van der Waals surface area contributed by atoms with Crippen LogP contribution in [0.4, 0.5) is 0 Å². The topological polar surface area (TPSA) is 73.1 Å². The zero-order chi connectivity index (χ0) is 14.0. The standard InChI is InChI=1S/C13H16N2O2S2/c1-9-8-18-13(15-9)7-12(14)10-4-3-5-11(6-10)19(2,16)17/h3-6,8,12H,7,14H2,1-2H3. The first kappa shape index (κ1) is 14.2. The van der Waals surface area contributed by atoms with Gasteiger partial charge in [0.25, 0.3) is 0 Å². The van der Waals surface area contributed by atoms with Crippen LogP contribution in [0.2, 0.25) is 0 Å². The molecule has 6 heteroatoms. The molecule has 0 aliphatic heterocycles. The molecule has 1 atom stereocenters. The van der Waals surface area contributed by atoms with Crippen molar-refractivity contribution in [1.29, 1.82) is 0 Å². The zero-order valence-corrected chi connectivity index (χ0v) is 12.5. The fourth-order valence-electron chi connectivity index (χ4n) is 1.78. The van der Waals surface area contributed by atoms with E-state index in [1.165, 1.54) is 6.26 Å². The van der Waals surface area contributed by atoms with Gasteiger partial charge in [-0.2, -0.15) is 0 Å². The van der Waals surface area contributed by atoms with Gasteiger partial charge in [-0.1, -0.05) is 12.1 Å². The largest absolute Gasteiger partial charge is 0.324 e. The molecule has 4 nitrogen and oxygen atoms in total. The molecule has 0 fully saturated rings. The van der Waals surface area contributed by atoms with Crippen LogP contribution >= 0.6 is 11.3 Å². The third-order valence-corrected chi connectivity index (χ3v) is 4.87. The molecule has 1 aromatic carbocycles. The number of nitrogens with zero attached hydrogens (tertiary/aromatic N) is 1. The van der Waals surface area contributed by atoms with Crippen LogP contribution < -0.4 is 5.73 Å². The summed E-state index contributed by atoms with van der Waals surface area (Å²) >= 11 is 1.57. The summed E-state index contributed by atoms with van der Waals surface area (Å²) in [6.45, 7) is 1.94. The Hall–Kier alpha value is -1.24. The van der Waals surface area contributed by atoms with E-state index in [0.29, 0.717) is 11.3 Å². The summed E-state index contributed by atoms with van der Waals surface area (Å²) in [7, 11) is -3.20. The number of benzene rings is 1. The van der Waals surface area contributed by atoms with Gasteiger partial charge in [0, 0.05) is 29.8 Å².